The first kappa shape index (κ1) is 18.2. The van der Waals surface area contributed by atoms with Crippen molar-refractivity contribution in [2.45, 2.75) is 69.4 Å². The Hall–Kier alpha value is -2.18. The number of aromatic nitrogens is 2. The van der Waals surface area contributed by atoms with Crippen molar-refractivity contribution in [2.24, 2.45) is 5.92 Å². The fourth-order valence-electron chi connectivity index (χ4n) is 5.14. The standard InChI is InChI=1S/C20H28N4O3/c1-27-19-21-12-15(13-22-19)18(26)24-11-10-20(9-5-8-16(20)24)23-17(25)14-6-3-2-4-7-14/h12-14,16H,2-11H2,1H3,(H,23,25). The highest BCUT2D eigenvalue weighted by molar-refractivity contribution is 5.94. The van der Waals surface area contributed by atoms with Crippen molar-refractivity contribution in [2.75, 3.05) is 13.7 Å². The lowest BCUT2D eigenvalue weighted by atomic mass is 9.86. The molecule has 2 atom stereocenters. The Balaban J connectivity index is 1.47. The van der Waals surface area contributed by atoms with E-state index in [1.165, 1.54) is 25.9 Å². The van der Waals surface area contributed by atoms with Crippen LogP contribution in [0.5, 0.6) is 6.01 Å². The maximum atomic E-state index is 13.0. The lowest BCUT2D eigenvalue weighted by molar-refractivity contribution is -0.128. The smallest absolute Gasteiger partial charge is 0.316 e. The van der Waals surface area contributed by atoms with Crippen LogP contribution in [0.15, 0.2) is 12.4 Å². The summed E-state index contributed by atoms with van der Waals surface area (Å²) in [6, 6.07) is 0.322. The fraction of sp³-hybridized carbons (Fsp3) is 0.700. The van der Waals surface area contributed by atoms with Crippen molar-refractivity contribution in [1.29, 1.82) is 0 Å². The summed E-state index contributed by atoms with van der Waals surface area (Å²) in [6.07, 6.45) is 12.3. The predicted octanol–water partition coefficient (Wildman–Crippen LogP) is 2.32. The van der Waals surface area contributed by atoms with Gasteiger partial charge in [0.25, 0.3) is 5.91 Å². The molecule has 2 amide bonds. The third-order valence-corrected chi connectivity index (χ3v) is 6.58. The largest absolute Gasteiger partial charge is 0.467 e. The topological polar surface area (TPSA) is 84.4 Å². The van der Waals surface area contributed by atoms with Crippen LogP contribution in [0.25, 0.3) is 0 Å². The van der Waals surface area contributed by atoms with Crippen LogP contribution < -0.4 is 10.1 Å². The first-order valence-electron chi connectivity index (χ1n) is 10.1. The summed E-state index contributed by atoms with van der Waals surface area (Å²) in [5.74, 6) is 0.288. The van der Waals surface area contributed by atoms with E-state index in [0.717, 1.165) is 51.4 Å². The molecule has 1 saturated heterocycles. The molecule has 2 unspecified atom stereocenters. The number of nitrogens with one attached hydrogen (secondary N) is 1. The van der Waals surface area contributed by atoms with Gasteiger partial charge in [0.15, 0.2) is 0 Å². The number of rotatable bonds is 4. The van der Waals surface area contributed by atoms with E-state index < -0.39 is 0 Å². The lowest BCUT2D eigenvalue weighted by Crippen LogP contribution is -2.55. The van der Waals surface area contributed by atoms with Crippen molar-refractivity contribution >= 4 is 11.8 Å². The molecule has 7 nitrogen and oxygen atoms in total. The number of methoxy groups -OCH3 is 1. The number of hydrogen-bond donors (Lipinski definition) is 1. The lowest BCUT2D eigenvalue weighted by Gasteiger charge is -2.35. The van der Waals surface area contributed by atoms with E-state index in [1.807, 2.05) is 4.90 Å². The molecule has 1 N–H and O–H groups in total. The summed E-state index contributed by atoms with van der Waals surface area (Å²) in [5.41, 5.74) is 0.217. The Morgan fingerprint density at radius 2 is 1.85 bits per heavy atom. The molecule has 4 rings (SSSR count). The molecule has 1 aliphatic heterocycles. The van der Waals surface area contributed by atoms with Crippen LogP contribution in [0.3, 0.4) is 0 Å². The predicted molar refractivity (Wildman–Crippen MR) is 99.3 cm³/mol. The molecular weight excluding hydrogens is 344 g/mol. The van der Waals surface area contributed by atoms with Crippen molar-refractivity contribution in [3.8, 4) is 6.01 Å². The third kappa shape index (κ3) is 3.39. The van der Waals surface area contributed by atoms with Gasteiger partial charge in [-0.05, 0) is 38.5 Å². The van der Waals surface area contributed by atoms with E-state index in [1.54, 1.807) is 0 Å². The molecule has 0 bridgehead atoms. The Labute approximate surface area is 159 Å². The average molecular weight is 372 g/mol. The molecule has 7 heteroatoms. The van der Waals surface area contributed by atoms with E-state index in [4.69, 9.17) is 4.74 Å². The molecule has 1 aromatic heterocycles. The van der Waals surface area contributed by atoms with Crippen LogP contribution in [0.2, 0.25) is 0 Å². The van der Waals surface area contributed by atoms with Crippen LogP contribution in [0.1, 0.15) is 68.1 Å². The molecule has 146 valence electrons. The van der Waals surface area contributed by atoms with E-state index >= 15 is 0 Å². The molecule has 1 aromatic rings. The average Bonchev–Trinajstić information content (AvgIpc) is 3.26. The molecule has 0 spiro atoms. The zero-order valence-electron chi connectivity index (χ0n) is 15.9. The van der Waals surface area contributed by atoms with Gasteiger partial charge in [0, 0.05) is 24.9 Å². The highest BCUT2D eigenvalue weighted by atomic mass is 16.5. The number of likely N-dealkylation sites (tertiary alicyclic amines) is 1. The summed E-state index contributed by atoms with van der Waals surface area (Å²) < 4.78 is 4.97. The zero-order chi connectivity index (χ0) is 18.9. The second-order valence-electron chi connectivity index (χ2n) is 8.10. The highest BCUT2D eigenvalue weighted by Crippen LogP contribution is 2.42. The van der Waals surface area contributed by atoms with Crippen molar-refractivity contribution in [3.05, 3.63) is 18.0 Å². The van der Waals surface area contributed by atoms with Gasteiger partial charge in [-0.2, -0.15) is 0 Å². The molecule has 2 aliphatic carbocycles. The van der Waals surface area contributed by atoms with Crippen LogP contribution in [0, 0.1) is 5.92 Å². The molecule has 2 heterocycles. The summed E-state index contributed by atoms with van der Waals surface area (Å²) in [6.45, 7) is 0.667. The van der Waals surface area contributed by atoms with Gasteiger partial charge in [-0.25, -0.2) is 9.97 Å². The Morgan fingerprint density at radius 1 is 1.11 bits per heavy atom. The van der Waals surface area contributed by atoms with Crippen LogP contribution in [0.4, 0.5) is 0 Å². The van der Waals surface area contributed by atoms with Gasteiger partial charge in [-0.1, -0.05) is 19.3 Å². The number of hydrogen-bond acceptors (Lipinski definition) is 5. The molecule has 0 aromatic carbocycles. The minimum absolute atomic E-state index is 0.0571. The van der Waals surface area contributed by atoms with Gasteiger partial charge in [0.1, 0.15) is 0 Å². The normalized spacial score (nSPS) is 28.0. The van der Waals surface area contributed by atoms with Crippen molar-refractivity contribution in [1.82, 2.24) is 20.2 Å². The number of nitrogens with zero attached hydrogens (tertiary/aromatic N) is 3. The summed E-state index contributed by atoms with van der Waals surface area (Å²) >= 11 is 0. The second-order valence-corrected chi connectivity index (χ2v) is 8.10. The molecule has 3 fully saturated rings. The molecule has 2 saturated carbocycles. The van der Waals surface area contributed by atoms with Crippen molar-refractivity contribution in [3.63, 3.8) is 0 Å². The monoisotopic (exact) mass is 372 g/mol. The highest BCUT2D eigenvalue weighted by Gasteiger charge is 2.53. The first-order valence-corrected chi connectivity index (χ1v) is 10.1. The number of amides is 2. The van der Waals surface area contributed by atoms with Crippen LogP contribution in [-0.2, 0) is 4.79 Å². The second kappa shape index (κ2) is 7.44. The minimum atomic E-state index is -0.252. The molecule has 3 aliphatic rings. The SMILES string of the molecule is COc1ncc(C(=O)N2CCC3(NC(=O)C4CCCCC4)CCCC23)cn1. The number of ether oxygens (including phenoxy) is 1. The number of carbonyl (C=O) groups excluding carboxylic acids is 2. The van der Waals surface area contributed by atoms with Gasteiger partial charge in [-0.3, -0.25) is 9.59 Å². The van der Waals surface area contributed by atoms with E-state index in [2.05, 4.69) is 15.3 Å². The summed E-state index contributed by atoms with van der Waals surface area (Å²) in [4.78, 5) is 35.9. The third-order valence-electron chi connectivity index (χ3n) is 6.58. The van der Waals surface area contributed by atoms with Gasteiger partial charge in [0.05, 0.1) is 24.3 Å². The van der Waals surface area contributed by atoms with E-state index in [9.17, 15) is 9.59 Å². The van der Waals surface area contributed by atoms with Crippen LogP contribution >= 0.6 is 0 Å². The Morgan fingerprint density at radius 3 is 2.56 bits per heavy atom. The van der Waals surface area contributed by atoms with Crippen LogP contribution in [-0.4, -0.2) is 51.9 Å². The first-order chi connectivity index (χ1) is 13.1. The Kier molecular flexibility index (Phi) is 5.02. The minimum Gasteiger partial charge on any atom is -0.467 e. The van der Waals surface area contributed by atoms with E-state index in [-0.39, 0.29) is 35.3 Å². The van der Waals surface area contributed by atoms with E-state index in [0.29, 0.717) is 12.1 Å². The van der Waals surface area contributed by atoms with Gasteiger partial charge in [0.2, 0.25) is 5.91 Å². The fourth-order valence-corrected chi connectivity index (χ4v) is 5.14. The summed E-state index contributed by atoms with van der Waals surface area (Å²) in [7, 11) is 1.50. The maximum Gasteiger partial charge on any atom is 0.316 e. The maximum absolute atomic E-state index is 13.0. The zero-order valence-corrected chi connectivity index (χ0v) is 15.9. The summed E-state index contributed by atoms with van der Waals surface area (Å²) in [5, 5.41) is 3.39. The van der Waals surface area contributed by atoms with Crippen molar-refractivity contribution < 1.29 is 14.3 Å². The number of fused-ring (bicyclic) bond motifs is 1. The quantitative estimate of drug-likeness (QED) is 0.877. The molecule has 0 radical (unpaired) electrons. The Bertz CT molecular complexity index is 702. The molecule has 27 heavy (non-hydrogen) atoms. The molecular formula is C20H28N4O3. The van der Waals surface area contributed by atoms with Gasteiger partial charge < -0.3 is 15.0 Å². The van der Waals surface area contributed by atoms with Gasteiger partial charge in [-0.15, -0.1) is 0 Å². The number of carbonyl (C=O) groups is 2. The van der Waals surface area contributed by atoms with Gasteiger partial charge >= 0.3 is 6.01 Å².